The average Bonchev–Trinajstić information content (AvgIpc) is 2.69. The molecule has 0 unspecified atom stereocenters. The van der Waals surface area contributed by atoms with Crippen LogP contribution in [-0.2, 0) is 11.8 Å². The van der Waals surface area contributed by atoms with E-state index in [4.69, 9.17) is 0 Å². The number of thioether (sulfide) groups is 1. The Balaban J connectivity index is 1.95. The second kappa shape index (κ2) is 6.04. The van der Waals surface area contributed by atoms with E-state index in [1.807, 2.05) is 6.92 Å². The van der Waals surface area contributed by atoms with Gasteiger partial charge >= 0.3 is 0 Å². The first-order chi connectivity index (χ1) is 9.45. The molecule has 0 spiro atoms. The zero-order valence-electron chi connectivity index (χ0n) is 11.0. The molecule has 1 N–H and O–H groups in total. The summed E-state index contributed by atoms with van der Waals surface area (Å²) in [5.74, 6) is -0.823. The third kappa shape index (κ3) is 3.57. The Bertz CT molecular complexity index is 643. The van der Waals surface area contributed by atoms with E-state index in [1.54, 1.807) is 17.8 Å². The van der Waals surface area contributed by atoms with Crippen molar-refractivity contribution in [3.05, 3.63) is 41.6 Å². The predicted octanol–water partition coefficient (Wildman–Crippen LogP) is 2.74. The summed E-state index contributed by atoms with van der Waals surface area (Å²) in [6, 6.07) is 4.88. The summed E-state index contributed by atoms with van der Waals surface area (Å²) in [5.41, 5.74) is 0.784. The van der Waals surface area contributed by atoms with E-state index >= 15 is 0 Å². The number of hydrogen-bond donors (Lipinski definition) is 1. The molecule has 106 valence electrons. The summed E-state index contributed by atoms with van der Waals surface area (Å²) in [4.78, 5) is 11.9. The van der Waals surface area contributed by atoms with E-state index in [-0.39, 0.29) is 16.6 Å². The quantitative estimate of drug-likeness (QED) is 0.883. The fourth-order valence-electron chi connectivity index (χ4n) is 1.64. The lowest BCUT2D eigenvalue weighted by atomic mass is 10.3. The molecule has 4 nitrogen and oxygen atoms in total. The number of rotatable bonds is 4. The highest BCUT2D eigenvalue weighted by Crippen LogP contribution is 2.22. The van der Waals surface area contributed by atoms with E-state index in [1.165, 1.54) is 0 Å². The maximum atomic E-state index is 13.4. The highest BCUT2D eigenvalue weighted by Gasteiger charge is 2.10. The maximum absolute atomic E-state index is 13.4. The van der Waals surface area contributed by atoms with Gasteiger partial charge in [0.1, 0.15) is 17.5 Å². The number of amides is 1. The van der Waals surface area contributed by atoms with Crippen LogP contribution in [0.3, 0.4) is 0 Å². The van der Waals surface area contributed by atoms with Gasteiger partial charge in [-0.15, -0.1) is 11.8 Å². The van der Waals surface area contributed by atoms with Crippen molar-refractivity contribution in [3.63, 3.8) is 0 Å². The van der Waals surface area contributed by atoms with Crippen LogP contribution in [0.25, 0.3) is 0 Å². The molecule has 0 radical (unpaired) electrons. The monoisotopic (exact) mass is 297 g/mol. The molecule has 1 aromatic heterocycles. The Hall–Kier alpha value is -1.89. The summed E-state index contributed by atoms with van der Waals surface area (Å²) < 4.78 is 27.9. The Kier molecular flexibility index (Phi) is 4.39. The van der Waals surface area contributed by atoms with Crippen LogP contribution < -0.4 is 5.32 Å². The molecule has 0 fully saturated rings. The van der Waals surface area contributed by atoms with Gasteiger partial charge in [0.2, 0.25) is 5.91 Å². The molecular weight excluding hydrogens is 284 g/mol. The summed E-state index contributed by atoms with van der Waals surface area (Å²) in [6.45, 7) is 1.81. The van der Waals surface area contributed by atoms with Crippen molar-refractivity contribution in [1.82, 2.24) is 9.78 Å². The third-order valence-corrected chi connectivity index (χ3v) is 3.55. The van der Waals surface area contributed by atoms with E-state index in [9.17, 15) is 13.6 Å². The van der Waals surface area contributed by atoms with Gasteiger partial charge in [0.15, 0.2) is 0 Å². The van der Waals surface area contributed by atoms with Gasteiger partial charge in [-0.3, -0.25) is 9.48 Å². The Morgan fingerprint density at radius 3 is 2.80 bits per heavy atom. The summed E-state index contributed by atoms with van der Waals surface area (Å²) >= 11 is 0.945. The summed E-state index contributed by atoms with van der Waals surface area (Å²) in [5, 5.41) is 6.75. The zero-order chi connectivity index (χ0) is 14.7. The highest BCUT2D eigenvalue weighted by molar-refractivity contribution is 8.00. The largest absolute Gasteiger partial charge is 0.310 e. The van der Waals surface area contributed by atoms with Gasteiger partial charge in [0, 0.05) is 18.0 Å². The van der Waals surface area contributed by atoms with Crippen LogP contribution >= 0.6 is 11.8 Å². The number of nitrogens with one attached hydrogen (secondary N) is 1. The van der Waals surface area contributed by atoms with Gasteiger partial charge in [-0.1, -0.05) is 0 Å². The Morgan fingerprint density at radius 1 is 1.40 bits per heavy atom. The average molecular weight is 297 g/mol. The van der Waals surface area contributed by atoms with E-state index in [2.05, 4.69) is 10.4 Å². The summed E-state index contributed by atoms with van der Waals surface area (Å²) in [6.07, 6.45) is 0. The van der Waals surface area contributed by atoms with Gasteiger partial charge in [-0.25, -0.2) is 8.78 Å². The number of carbonyl (C=O) groups is 1. The molecule has 0 saturated heterocycles. The molecule has 0 atom stereocenters. The lowest BCUT2D eigenvalue weighted by Gasteiger charge is -2.05. The highest BCUT2D eigenvalue weighted by atomic mass is 32.2. The molecule has 2 rings (SSSR count). The number of aryl methyl sites for hydroxylation is 2. The SMILES string of the molecule is Cc1cc(NC(=O)CSc2cc(F)ccc2F)n(C)n1. The molecule has 2 aromatic rings. The Morgan fingerprint density at radius 2 is 2.15 bits per heavy atom. The molecule has 1 aromatic carbocycles. The topological polar surface area (TPSA) is 46.9 Å². The number of aromatic nitrogens is 2. The number of hydrogen-bond acceptors (Lipinski definition) is 3. The first-order valence-corrected chi connectivity index (χ1v) is 6.82. The fourth-order valence-corrected chi connectivity index (χ4v) is 2.40. The molecule has 1 amide bonds. The van der Waals surface area contributed by atoms with Crippen LogP contribution in [0.1, 0.15) is 5.69 Å². The molecule has 20 heavy (non-hydrogen) atoms. The lowest BCUT2D eigenvalue weighted by molar-refractivity contribution is -0.113. The van der Waals surface area contributed by atoms with Gasteiger partial charge in [0.05, 0.1) is 11.4 Å². The van der Waals surface area contributed by atoms with Crippen LogP contribution in [0.5, 0.6) is 0 Å². The fraction of sp³-hybridized carbons (Fsp3) is 0.231. The summed E-state index contributed by atoms with van der Waals surface area (Å²) in [7, 11) is 1.71. The number of anilines is 1. The maximum Gasteiger partial charge on any atom is 0.235 e. The second-order valence-electron chi connectivity index (χ2n) is 4.21. The standard InChI is InChI=1S/C13H13F2N3OS/c1-8-5-12(18(2)17-8)16-13(19)7-20-11-6-9(14)3-4-10(11)15/h3-6H,7H2,1-2H3,(H,16,19). The first kappa shape index (κ1) is 14.5. The molecule has 0 aliphatic rings. The van der Waals surface area contributed by atoms with Crippen molar-refractivity contribution >= 4 is 23.5 Å². The van der Waals surface area contributed by atoms with Crippen molar-refractivity contribution in [2.75, 3.05) is 11.1 Å². The van der Waals surface area contributed by atoms with Gasteiger partial charge in [0.25, 0.3) is 0 Å². The van der Waals surface area contributed by atoms with Gasteiger partial charge < -0.3 is 5.32 Å². The van der Waals surface area contributed by atoms with E-state index in [0.29, 0.717) is 5.82 Å². The molecular formula is C13H13F2N3OS. The second-order valence-corrected chi connectivity index (χ2v) is 5.22. The van der Waals surface area contributed by atoms with E-state index < -0.39 is 11.6 Å². The van der Waals surface area contributed by atoms with Crippen molar-refractivity contribution in [3.8, 4) is 0 Å². The van der Waals surface area contributed by atoms with Crippen molar-refractivity contribution in [2.24, 2.45) is 7.05 Å². The smallest absolute Gasteiger partial charge is 0.235 e. The lowest BCUT2D eigenvalue weighted by Crippen LogP contribution is -2.16. The minimum atomic E-state index is -0.541. The van der Waals surface area contributed by atoms with Crippen molar-refractivity contribution < 1.29 is 13.6 Å². The minimum absolute atomic E-state index is 0.00932. The van der Waals surface area contributed by atoms with Crippen LogP contribution in [-0.4, -0.2) is 21.4 Å². The van der Waals surface area contributed by atoms with Crippen LogP contribution in [0.15, 0.2) is 29.2 Å². The van der Waals surface area contributed by atoms with Crippen molar-refractivity contribution in [2.45, 2.75) is 11.8 Å². The molecule has 0 bridgehead atoms. The van der Waals surface area contributed by atoms with Crippen LogP contribution in [0.4, 0.5) is 14.6 Å². The van der Waals surface area contributed by atoms with Crippen LogP contribution in [0.2, 0.25) is 0 Å². The molecule has 7 heteroatoms. The molecule has 0 aliphatic carbocycles. The van der Waals surface area contributed by atoms with E-state index in [0.717, 1.165) is 35.7 Å². The third-order valence-electron chi connectivity index (χ3n) is 2.52. The number of carbonyl (C=O) groups excluding carboxylic acids is 1. The molecule has 0 aliphatic heterocycles. The van der Waals surface area contributed by atoms with Gasteiger partial charge in [-0.05, 0) is 25.1 Å². The Labute approximate surface area is 119 Å². The predicted molar refractivity (Wildman–Crippen MR) is 73.7 cm³/mol. The molecule has 0 saturated carbocycles. The minimum Gasteiger partial charge on any atom is -0.310 e. The first-order valence-electron chi connectivity index (χ1n) is 5.84. The van der Waals surface area contributed by atoms with Crippen LogP contribution in [0, 0.1) is 18.6 Å². The number of halogens is 2. The normalized spacial score (nSPS) is 10.6. The number of benzene rings is 1. The van der Waals surface area contributed by atoms with Gasteiger partial charge in [-0.2, -0.15) is 5.10 Å². The van der Waals surface area contributed by atoms with Crippen molar-refractivity contribution in [1.29, 1.82) is 0 Å². The number of nitrogens with zero attached hydrogens (tertiary/aromatic N) is 2. The molecule has 1 heterocycles. The zero-order valence-corrected chi connectivity index (χ0v) is 11.8.